The first kappa shape index (κ1) is 22.8. The Balaban J connectivity index is 1.89. The lowest BCUT2D eigenvalue weighted by molar-refractivity contribution is -0.156. The number of nitrogens with zero attached hydrogens (tertiary/aromatic N) is 2. The highest BCUT2D eigenvalue weighted by Gasteiger charge is 2.78. The molecule has 8 heteroatoms. The molecule has 0 spiro atoms. The van der Waals surface area contributed by atoms with Crippen LogP contribution in [-0.4, -0.2) is 53.3 Å². The van der Waals surface area contributed by atoms with E-state index in [1.54, 1.807) is 20.2 Å². The van der Waals surface area contributed by atoms with E-state index in [2.05, 4.69) is 20.9 Å². The van der Waals surface area contributed by atoms with E-state index in [-0.39, 0.29) is 17.4 Å². The average molecular weight is 525 g/mol. The zero-order valence-electron chi connectivity index (χ0n) is 19.0. The van der Waals surface area contributed by atoms with Crippen LogP contribution in [0.3, 0.4) is 0 Å². The van der Waals surface area contributed by atoms with Gasteiger partial charge in [-0.25, -0.2) is 4.98 Å². The van der Waals surface area contributed by atoms with Crippen LogP contribution < -0.4 is 9.47 Å². The maximum absolute atomic E-state index is 13.6. The highest BCUT2D eigenvalue weighted by Crippen LogP contribution is 2.69. The van der Waals surface area contributed by atoms with Gasteiger partial charge < -0.3 is 24.6 Å². The molecule has 34 heavy (non-hydrogen) atoms. The van der Waals surface area contributed by atoms with E-state index >= 15 is 0 Å². The summed E-state index contributed by atoms with van der Waals surface area (Å²) in [5.41, 5.74) is -1.92. The van der Waals surface area contributed by atoms with Gasteiger partial charge >= 0.3 is 0 Å². The summed E-state index contributed by atoms with van der Waals surface area (Å²) in [6.45, 7) is 0. The van der Waals surface area contributed by atoms with Crippen molar-refractivity contribution in [2.45, 2.75) is 23.2 Å². The van der Waals surface area contributed by atoms with Gasteiger partial charge in [-0.3, -0.25) is 4.79 Å². The number of fused-ring (bicyclic) bond motifs is 3. The zero-order chi connectivity index (χ0) is 24.3. The molecule has 2 aromatic carbocycles. The van der Waals surface area contributed by atoms with Crippen molar-refractivity contribution in [3.63, 3.8) is 0 Å². The van der Waals surface area contributed by atoms with Crippen molar-refractivity contribution < 1.29 is 24.5 Å². The zero-order valence-corrected chi connectivity index (χ0v) is 20.6. The number of aromatic nitrogens is 1. The second-order valence-corrected chi connectivity index (χ2v) is 9.81. The number of aliphatic hydroxyl groups excluding tert-OH is 1. The quantitative estimate of drug-likeness (QED) is 0.544. The molecule has 1 aromatic heterocycles. The number of carbonyl (C=O) groups excluding carboxylic acids is 1. The number of hydrogen-bond acceptors (Lipinski definition) is 6. The monoisotopic (exact) mass is 524 g/mol. The topological polar surface area (TPSA) is 92.1 Å². The Bertz CT molecular complexity index is 1240. The summed E-state index contributed by atoms with van der Waals surface area (Å²) in [6, 6.07) is 18.4. The highest BCUT2D eigenvalue weighted by atomic mass is 79.9. The molecule has 1 unspecified atom stereocenters. The van der Waals surface area contributed by atoms with E-state index in [0.29, 0.717) is 11.3 Å². The second kappa shape index (κ2) is 8.08. The Hall–Kier alpha value is -2.94. The van der Waals surface area contributed by atoms with Crippen molar-refractivity contribution in [1.29, 1.82) is 0 Å². The molecule has 3 aromatic rings. The molecular weight excluding hydrogens is 500 g/mol. The summed E-state index contributed by atoms with van der Waals surface area (Å²) in [5.74, 6) is -1.53. The third-order valence-corrected chi connectivity index (χ3v) is 7.54. The molecule has 2 heterocycles. The fraction of sp³-hybridized carbons (Fsp3) is 0.308. The van der Waals surface area contributed by atoms with Crippen LogP contribution in [0.2, 0.25) is 0 Å². The standard InChI is InChI=1S/C26H25BrN2O5/c1-29(2)24(31)19-20(15-7-5-4-6-8-15)26(16-9-11-17(27)12-10-16)25(32,22(19)30)21-18(34-26)13-14-28-23(21)33-3/h4-14,19-20,22,30,32H,1-3H3/t19-,20-,22-,25?,26+/m1/s1. The Morgan fingerprint density at radius 2 is 1.79 bits per heavy atom. The smallest absolute Gasteiger partial charge is 0.228 e. The van der Waals surface area contributed by atoms with Crippen LogP contribution >= 0.6 is 15.9 Å². The third kappa shape index (κ3) is 2.88. The Labute approximate surface area is 206 Å². The van der Waals surface area contributed by atoms with E-state index in [1.807, 2.05) is 54.6 Å². The molecular formula is C26H25BrN2O5. The summed E-state index contributed by atoms with van der Waals surface area (Å²) < 4.78 is 13.0. The minimum Gasteiger partial charge on any atom is -0.481 e. The number of halogens is 1. The van der Waals surface area contributed by atoms with Crippen molar-refractivity contribution in [1.82, 2.24) is 9.88 Å². The molecule has 1 aliphatic heterocycles. The number of pyridine rings is 1. The maximum Gasteiger partial charge on any atom is 0.228 e. The molecule has 5 atom stereocenters. The Kier molecular flexibility index (Phi) is 5.42. The average Bonchev–Trinajstić information content (AvgIpc) is 3.22. The van der Waals surface area contributed by atoms with Gasteiger partial charge in [-0.15, -0.1) is 0 Å². The molecule has 7 nitrogen and oxygen atoms in total. The Morgan fingerprint density at radius 3 is 2.41 bits per heavy atom. The van der Waals surface area contributed by atoms with Crippen molar-refractivity contribution in [2.75, 3.05) is 21.2 Å². The molecule has 2 N–H and O–H groups in total. The van der Waals surface area contributed by atoms with E-state index in [9.17, 15) is 15.0 Å². The first-order valence-electron chi connectivity index (χ1n) is 10.9. The lowest BCUT2D eigenvalue weighted by atomic mass is 9.70. The number of carbonyl (C=O) groups is 1. The van der Waals surface area contributed by atoms with Crippen LogP contribution in [0, 0.1) is 5.92 Å². The van der Waals surface area contributed by atoms with Gasteiger partial charge in [0.25, 0.3) is 0 Å². The predicted molar refractivity (Wildman–Crippen MR) is 129 cm³/mol. The van der Waals surface area contributed by atoms with E-state index in [4.69, 9.17) is 9.47 Å². The number of ether oxygens (including phenoxy) is 2. The van der Waals surface area contributed by atoms with E-state index < -0.39 is 29.1 Å². The fourth-order valence-corrected chi connectivity index (χ4v) is 5.92. The summed E-state index contributed by atoms with van der Waals surface area (Å²) in [4.78, 5) is 19.3. The van der Waals surface area contributed by atoms with Gasteiger partial charge in [0.1, 0.15) is 11.9 Å². The van der Waals surface area contributed by atoms with Crippen molar-refractivity contribution >= 4 is 21.8 Å². The molecule has 1 aliphatic carbocycles. The lowest BCUT2D eigenvalue weighted by Crippen LogP contribution is -2.52. The number of hydrogen-bond donors (Lipinski definition) is 2. The van der Waals surface area contributed by atoms with Crippen LogP contribution in [0.4, 0.5) is 0 Å². The van der Waals surface area contributed by atoms with Crippen molar-refractivity contribution in [2.24, 2.45) is 5.92 Å². The molecule has 0 radical (unpaired) electrons. The molecule has 0 bridgehead atoms. The van der Waals surface area contributed by atoms with Gasteiger partial charge in [-0.1, -0.05) is 58.4 Å². The molecule has 0 saturated heterocycles. The largest absolute Gasteiger partial charge is 0.481 e. The summed E-state index contributed by atoms with van der Waals surface area (Å²) >= 11 is 3.47. The number of aliphatic hydroxyl groups is 2. The van der Waals surface area contributed by atoms with Crippen LogP contribution in [0.5, 0.6) is 11.6 Å². The number of rotatable bonds is 4. The van der Waals surface area contributed by atoms with E-state index in [0.717, 1.165) is 10.0 Å². The summed E-state index contributed by atoms with van der Waals surface area (Å²) in [6.07, 6.45) is 0.0274. The molecule has 5 rings (SSSR count). The second-order valence-electron chi connectivity index (χ2n) is 8.90. The fourth-order valence-electron chi connectivity index (χ4n) is 5.65. The predicted octanol–water partition coefficient (Wildman–Crippen LogP) is 3.19. The Morgan fingerprint density at radius 1 is 1.12 bits per heavy atom. The summed E-state index contributed by atoms with van der Waals surface area (Å²) in [7, 11) is 4.72. The molecule has 1 fully saturated rings. The van der Waals surface area contributed by atoms with Gasteiger partial charge in [0.2, 0.25) is 11.8 Å². The van der Waals surface area contributed by atoms with Crippen LogP contribution in [0.1, 0.15) is 22.6 Å². The molecule has 176 valence electrons. The first-order valence-corrected chi connectivity index (χ1v) is 11.7. The van der Waals surface area contributed by atoms with Crippen LogP contribution in [0.15, 0.2) is 71.3 Å². The van der Waals surface area contributed by atoms with Gasteiger partial charge in [-0.2, -0.15) is 0 Å². The van der Waals surface area contributed by atoms with Crippen LogP contribution in [0.25, 0.3) is 0 Å². The molecule has 1 amide bonds. The number of amides is 1. The van der Waals surface area contributed by atoms with Gasteiger partial charge in [0.15, 0.2) is 11.2 Å². The van der Waals surface area contributed by atoms with Gasteiger partial charge in [-0.05, 0) is 29.3 Å². The summed E-state index contributed by atoms with van der Waals surface area (Å²) in [5, 5.41) is 24.4. The molecule has 1 saturated carbocycles. The SMILES string of the molecule is COc1nccc2c1C1(O)[C@H](O)[C@H](C(=O)N(C)C)[C@@H](c3ccccc3)[C@]1(c1ccc(Br)cc1)O2. The normalized spacial score (nSPS) is 29.2. The maximum atomic E-state index is 13.6. The van der Waals surface area contributed by atoms with E-state index in [1.165, 1.54) is 18.2 Å². The number of benzene rings is 2. The molecule has 2 aliphatic rings. The van der Waals surface area contributed by atoms with Crippen molar-refractivity contribution in [3.05, 3.63) is 88.0 Å². The van der Waals surface area contributed by atoms with Gasteiger partial charge in [0, 0.05) is 30.7 Å². The highest BCUT2D eigenvalue weighted by molar-refractivity contribution is 9.10. The minimum atomic E-state index is -2.02. The lowest BCUT2D eigenvalue weighted by Gasteiger charge is -2.40. The van der Waals surface area contributed by atoms with Crippen LogP contribution in [-0.2, 0) is 16.0 Å². The van der Waals surface area contributed by atoms with Crippen molar-refractivity contribution in [3.8, 4) is 11.6 Å². The first-order chi connectivity index (χ1) is 16.3. The number of methoxy groups -OCH3 is 1. The van der Waals surface area contributed by atoms with Gasteiger partial charge in [0.05, 0.1) is 18.6 Å². The third-order valence-electron chi connectivity index (χ3n) is 7.01. The minimum absolute atomic E-state index is 0.141.